The number of carbonyl (C=O) groups is 2. The van der Waals surface area contributed by atoms with E-state index in [0.29, 0.717) is 18.7 Å². The number of carbonyl (C=O) groups excluding carboxylic acids is 2. The summed E-state index contributed by atoms with van der Waals surface area (Å²) in [5, 5.41) is 0. The molecule has 0 N–H and O–H groups in total. The second-order valence-corrected chi connectivity index (χ2v) is 6.38. The SMILES string of the molecule is Cc1ccc(C(=O)O[C@H](C)C(=O)N2CCN(c3ccccc3)CC2)cn1. The van der Waals surface area contributed by atoms with E-state index in [-0.39, 0.29) is 5.91 Å². The van der Waals surface area contributed by atoms with Gasteiger partial charge in [0.15, 0.2) is 6.10 Å². The number of para-hydroxylation sites is 1. The highest BCUT2D eigenvalue weighted by atomic mass is 16.5. The van der Waals surface area contributed by atoms with Crippen molar-refractivity contribution in [1.82, 2.24) is 9.88 Å². The van der Waals surface area contributed by atoms with Gasteiger partial charge in [-0.05, 0) is 38.1 Å². The summed E-state index contributed by atoms with van der Waals surface area (Å²) in [5.74, 6) is -0.688. The summed E-state index contributed by atoms with van der Waals surface area (Å²) in [6, 6.07) is 13.5. The lowest BCUT2D eigenvalue weighted by atomic mass is 10.2. The Kier molecular flexibility index (Phi) is 5.51. The molecule has 6 heteroatoms. The van der Waals surface area contributed by atoms with Crippen molar-refractivity contribution in [3.63, 3.8) is 0 Å². The van der Waals surface area contributed by atoms with Crippen molar-refractivity contribution in [1.29, 1.82) is 0 Å². The van der Waals surface area contributed by atoms with Gasteiger partial charge in [-0.3, -0.25) is 9.78 Å². The first-order valence-corrected chi connectivity index (χ1v) is 8.77. The third kappa shape index (κ3) is 4.20. The third-order valence-corrected chi connectivity index (χ3v) is 4.49. The molecular formula is C20H23N3O3. The van der Waals surface area contributed by atoms with Crippen molar-refractivity contribution in [3.8, 4) is 0 Å². The fourth-order valence-corrected chi connectivity index (χ4v) is 2.95. The molecule has 1 aromatic carbocycles. The van der Waals surface area contributed by atoms with Crippen LogP contribution in [0, 0.1) is 6.92 Å². The molecule has 136 valence electrons. The fraction of sp³-hybridized carbons (Fsp3) is 0.350. The number of rotatable bonds is 4. The molecule has 2 aromatic rings. The molecule has 6 nitrogen and oxygen atoms in total. The predicted octanol–water partition coefficient (Wildman–Crippen LogP) is 2.28. The lowest BCUT2D eigenvalue weighted by Gasteiger charge is -2.37. The molecule has 0 saturated carbocycles. The van der Waals surface area contributed by atoms with Crippen LogP contribution in [0.1, 0.15) is 23.0 Å². The number of piperazine rings is 1. The number of hydrogen-bond acceptors (Lipinski definition) is 5. The molecule has 0 bridgehead atoms. The maximum absolute atomic E-state index is 12.6. The summed E-state index contributed by atoms with van der Waals surface area (Å²) in [5.41, 5.74) is 2.33. The molecule has 3 rings (SSSR count). The quantitative estimate of drug-likeness (QED) is 0.789. The second-order valence-electron chi connectivity index (χ2n) is 6.38. The number of anilines is 1. The lowest BCUT2D eigenvalue weighted by molar-refractivity contribution is -0.140. The smallest absolute Gasteiger partial charge is 0.340 e. The molecule has 1 aromatic heterocycles. The predicted molar refractivity (Wildman–Crippen MR) is 99.1 cm³/mol. The number of hydrogen-bond donors (Lipinski definition) is 0. The highest BCUT2D eigenvalue weighted by Crippen LogP contribution is 2.16. The topological polar surface area (TPSA) is 62.7 Å². The Morgan fingerprint density at radius 1 is 1.04 bits per heavy atom. The molecule has 1 amide bonds. The van der Waals surface area contributed by atoms with Crippen LogP contribution in [0.4, 0.5) is 5.69 Å². The van der Waals surface area contributed by atoms with Crippen LogP contribution < -0.4 is 4.90 Å². The molecule has 0 spiro atoms. The lowest BCUT2D eigenvalue weighted by Crippen LogP contribution is -2.51. The number of ether oxygens (including phenoxy) is 1. The van der Waals surface area contributed by atoms with Gasteiger partial charge in [0, 0.05) is 43.8 Å². The summed E-state index contributed by atoms with van der Waals surface area (Å²) in [6.45, 7) is 6.21. The molecular weight excluding hydrogens is 330 g/mol. The van der Waals surface area contributed by atoms with Crippen molar-refractivity contribution < 1.29 is 14.3 Å². The monoisotopic (exact) mass is 353 g/mol. The molecule has 0 unspecified atom stereocenters. The number of amides is 1. The molecule has 2 heterocycles. The van der Waals surface area contributed by atoms with Gasteiger partial charge in [0.05, 0.1) is 5.56 Å². The van der Waals surface area contributed by atoms with Crippen molar-refractivity contribution in [2.45, 2.75) is 20.0 Å². The maximum atomic E-state index is 12.6. The highest BCUT2D eigenvalue weighted by Gasteiger charge is 2.27. The van der Waals surface area contributed by atoms with Crippen molar-refractivity contribution in [2.75, 3.05) is 31.1 Å². The van der Waals surface area contributed by atoms with E-state index in [1.165, 1.54) is 6.20 Å². The molecule has 1 aliphatic rings. The van der Waals surface area contributed by atoms with E-state index in [2.05, 4.69) is 22.0 Å². The summed E-state index contributed by atoms with van der Waals surface area (Å²) in [7, 11) is 0. The summed E-state index contributed by atoms with van der Waals surface area (Å²) < 4.78 is 5.32. The average Bonchev–Trinajstić information content (AvgIpc) is 2.68. The van der Waals surface area contributed by atoms with Crippen LogP contribution in [0.3, 0.4) is 0 Å². The summed E-state index contributed by atoms with van der Waals surface area (Å²) >= 11 is 0. The largest absolute Gasteiger partial charge is 0.449 e. The Balaban J connectivity index is 1.53. The standard InChI is InChI=1S/C20H23N3O3/c1-15-8-9-17(14-21-15)20(25)26-16(2)19(24)23-12-10-22(11-13-23)18-6-4-3-5-7-18/h3-9,14,16H,10-13H2,1-2H3/t16-/m1/s1. The van der Waals surface area contributed by atoms with Gasteiger partial charge in [0.2, 0.25) is 0 Å². The fourth-order valence-electron chi connectivity index (χ4n) is 2.95. The zero-order valence-electron chi connectivity index (χ0n) is 15.1. The molecule has 1 saturated heterocycles. The van der Waals surface area contributed by atoms with Crippen LogP contribution >= 0.6 is 0 Å². The Morgan fingerprint density at radius 2 is 1.73 bits per heavy atom. The number of aryl methyl sites for hydroxylation is 1. The molecule has 0 radical (unpaired) electrons. The van der Waals surface area contributed by atoms with E-state index in [4.69, 9.17) is 4.74 Å². The number of esters is 1. The number of nitrogens with zero attached hydrogens (tertiary/aromatic N) is 3. The van der Waals surface area contributed by atoms with Gasteiger partial charge in [0.25, 0.3) is 5.91 Å². The normalized spacial score (nSPS) is 15.5. The van der Waals surface area contributed by atoms with Crippen LogP contribution in [0.15, 0.2) is 48.7 Å². The van der Waals surface area contributed by atoms with Crippen LogP contribution in [-0.4, -0.2) is 54.0 Å². The Bertz CT molecular complexity index is 754. The molecule has 1 atom stereocenters. The zero-order valence-corrected chi connectivity index (χ0v) is 15.1. The number of pyridine rings is 1. The van der Waals surface area contributed by atoms with E-state index in [1.54, 1.807) is 24.0 Å². The van der Waals surface area contributed by atoms with Crippen molar-refractivity contribution >= 4 is 17.6 Å². The summed E-state index contributed by atoms with van der Waals surface area (Å²) in [4.78, 5) is 32.8. The van der Waals surface area contributed by atoms with Gasteiger partial charge in [-0.2, -0.15) is 0 Å². The highest BCUT2D eigenvalue weighted by molar-refractivity contribution is 5.92. The van der Waals surface area contributed by atoms with Gasteiger partial charge in [0.1, 0.15) is 0 Å². The van der Waals surface area contributed by atoms with Crippen LogP contribution in [0.5, 0.6) is 0 Å². The maximum Gasteiger partial charge on any atom is 0.340 e. The van der Waals surface area contributed by atoms with Gasteiger partial charge in [-0.1, -0.05) is 18.2 Å². The van der Waals surface area contributed by atoms with Crippen LogP contribution in [0.25, 0.3) is 0 Å². The van der Waals surface area contributed by atoms with Crippen LogP contribution in [-0.2, 0) is 9.53 Å². The molecule has 0 aliphatic carbocycles. The second kappa shape index (κ2) is 7.99. The Hall–Kier alpha value is -2.89. The molecule has 1 fully saturated rings. The van der Waals surface area contributed by atoms with E-state index < -0.39 is 12.1 Å². The van der Waals surface area contributed by atoms with Gasteiger partial charge in [-0.15, -0.1) is 0 Å². The van der Waals surface area contributed by atoms with Gasteiger partial charge in [-0.25, -0.2) is 4.79 Å². The minimum absolute atomic E-state index is 0.161. The Morgan fingerprint density at radius 3 is 2.35 bits per heavy atom. The van der Waals surface area contributed by atoms with Gasteiger partial charge >= 0.3 is 5.97 Å². The van der Waals surface area contributed by atoms with E-state index in [9.17, 15) is 9.59 Å². The zero-order chi connectivity index (χ0) is 18.5. The Labute approximate surface area is 153 Å². The number of benzene rings is 1. The van der Waals surface area contributed by atoms with E-state index in [0.717, 1.165) is 24.5 Å². The minimum Gasteiger partial charge on any atom is -0.449 e. The first-order valence-electron chi connectivity index (χ1n) is 8.77. The van der Waals surface area contributed by atoms with E-state index in [1.807, 2.05) is 25.1 Å². The van der Waals surface area contributed by atoms with Gasteiger partial charge < -0.3 is 14.5 Å². The third-order valence-electron chi connectivity index (χ3n) is 4.49. The first-order chi connectivity index (χ1) is 12.5. The summed E-state index contributed by atoms with van der Waals surface area (Å²) in [6.07, 6.45) is 0.653. The van der Waals surface area contributed by atoms with E-state index >= 15 is 0 Å². The number of aromatic nitrogens is 1. The molecule has 1 aliphatic heterocycles. The van der Waals surface area contributed by atoms with Crippen molar-refractivity contribution in [3.05, 3.63) is 59.9 Å². The van der Waals surface area contributed by atoms with Crippen LogP contribution in [0.2, 0.25) is 0 Å². The first kappa shape index (κ1) is 17.9. The molecule has 26 heavy (non-hydrogen) atoms. The average molecular weight is 353 g/mol. The minimum atomic E-state index is -0.813. The van der Waals surface area contributed by atoms with Crippen molar-refractivity contribution in [2.24, 2.45) is 0 Å².